The molecular formula is C16H19FN2O2. The van der Waals surface area contributed by atoms with Crippen LogP contribution in [0.15, 0.2) is 18.2 Å². The Kier molecular flexibility index (Phi) is 4.94. The van der Waals surface area contributed by atoms with Gasteiger partial charge in [-0.2, -0.15) is 0 Å². The molecular weight excluding hydrogens is 271 g/mol. The highest BCUT2D eigenvalue weighted by Gasteiger charge is 2.29. The number of amides is 1. The molecule has 0 atom stereocenters. The molecule has 3 N–H and O–H groups in total. The third-order valence-electron chi connectivity index (χ3n) is 3.57. The molecule has 0 bridgehead atoms. The minimum atomic E-state index is -0.513. The van der Waals surface area contributed by atoms with Crippen molar-refractivity contribution in [3.63, 3.8) is 0 Å². The molecule has 0 saturated carbocycles. The Morgan fingerprint density at radius 1 is 1.48 bits per heavy atom. The van der Waals surface area contributed by atoms with Crippen LogP contribution >= 0.6 is 0 Å². The van der Waals surface area contributed by atoms with Gasteiger partial charge in [0, 0.05) is 24.3 Å². The Morgan fingerprint density at radius 3 is 2.81 bits per heavy atom. The van der Waals surface area contributed by atoms with Gasteiger partial charge in [-0.05, 0) is 38.0 Å². The predicted molar refractivity (Wildman–Crippen MR) is 78.3 cm³/mol. The summed E-state index contributed by atoms with van der Waals surface area (Å²) in [5, 5.41) is 2.96. The number of ether oxygens (including phenoxy) is 1. The van der Waals surface area contributed by atoms with Gasteiger partial charge in [-0.15, -0.1) is 0 Å². The van der Waals surface area contributed by atoms with Gasteiger partial charge < -0.3 is 15.8 Å². The van der Waals surface area contributed by atoms with E-state index in [0.717, 1.165) is 12.8 Å². The van der Waals surface area contributed by atoms with Crippen molar-refractivity contribution >= 4 is 5.91 Å². The summed E-state index contributed by atoms with van der Waals surface area (Å²) in [5.41, 5.74) is 5.49. The highest BCUT2D eigenvalue weighted by molar-refractivity contribution is 5.94. The second-order valence-corrected chi connectivity index (χ2v) is 5.33. The first-order chi connectivity index (χ1) is 10.0. The van der Waals surface area contributed by atoms with Crippen molar-refractivity contribution in [2.45, 2.75) is 25.3 Å². The van der Waals surface area contributed by atoms with Crippen molar-refractivity contribution in [1.82, 2.24) is 5.32 Å². The van der Waals surface area contributed by atoms with Crippen LogP contribution < -0.4 is 11.1 Å². The molecule has 0 spiro atoms. The van der Waals surface area contributed by atoms with Gasteiger partial charge in [0.2, 0.25) is 0 Å². The molecule has 1 aliphatic heterocycles. The zero-order valence-corrected chi connectivity index (χ0v) is 12.0. The number of rotatable bonds is 2. The number of carbonyl (C=O) groups excluding carboxylic acids is 1. The van der Waals surface area contributed by atoms with Crippen LogP contribution in [0.3, 0.4) is 0 Å². The topological polar surface area (TPSA) is 64.4 Å². The molecule has 0 aliphatic carbocycles. The Labute approximate surface area is 123 Å². The smallest absolute Gasteiger partial charge is 0.251 e. The van der Waals surface area contributed by atoms with Crippen LogP contribution in [0.25, 0.3) is 0 Å². The van der Waals surface area contributed by atoms with E-state index in [1.165, 1.54) is 12.1 Å². The lowest BCUT2D eigenvalue weighted by Gasteiger charge is -2.34. The van der Waals surface area contributed by atoms with E-state index in [4.69, 9.17) is 10.5 Å². The summed E-state index contributed by atoms with van der Waals surface area (Å²) in [7, 11) is 0. The molecule has 1 aromatic carbocycles. The highest BCUT2D eigenvalue weighted by Crippen LogP contribution is 2.20. The molecule has 0 radical (unpaired) electrons. The van der Waals surface area contributed by atoms with E-state index in [9.17, 15) is 9.18 Å². The fraction of sp³-hybridized carbons (Fsp3) is 0.438. The summed E-state index contributed by atoms with van der Waals surface area (Å²) in [6, 6.07) is 4.28. The van der Waals surface area contributed by atoms with Gasteiger partial charge in [0.25, 0.3) is 5.91 Å². The molecule has 0 unspecified atom stereocenters. The maximum absolute atomic E-state index is 13.9. The molecule has 112 valence electrons. The number of carbonyl (C=O) groups is 1. The predicted octanol–water partition coefficient (Wildman–Crippen LogP) is 1.43. The lowest BCUT2D eigenvalue weighted by Crippen LogP contribution is -2.49. The Morgan fingerprint density at radius 2 is 2.19 bits per heavy atom. The van der Waals surface area contributed by atoms with Crippen molar-refractivity contribution in [1.29, 1.82) is 0 Å². The van der Waals surface area contributed by atoms with E-state index in [2.05, 4.69) is 17.2 Å². The molecule has 1 aromatic rings. The normalized spacial score (nSPS) is 16.7. The van der Waals surface area contributed by atoms with Crippen LogP contribution in [0.2, 0.25) is 0 Å². The highest BCUT2D eigenvalue weighted by atomic mass is 19.1. The molecule has 1 fully saturated rings. The van der Waals surface area contributed by atoms with E-state index in [0.29, 0.717) is 18.8 Å². The van der Waals surface area contributed by atoms with Crippen LogP contribution in [-0.4, -0.2) is 31.2 Å². The Hall–Kier alpha value is -1.90. The maximum atomic E-state index is 13.9. The Balaban J connectivity index is 2.11. The molecule has 4 nitrogen and oxygen atoms in total. The number of benzene rings is 1. The van der Waals surface area contributed by atoms with E-state index < -0.39 is 5.82 Å². The van der Waals surface area contributed by atoms with Crippen LogP contribution in [-0.2, 0) is 4.74 Å². The second kappa shape index (κ2) is 6.70. The van der Waals surface area contributed by atoms with Crippen molar-refractivity contribution < 1.29 is 13.9 Å². The zero-order valence-electron chi connectivity index (χ0n) is 12.0. The number of nitrogens with one attached hydrogen (secondary N) is 1. The van der Waals surface area contributed by atoms with Crippen molar-refractivity contribution in [2.24, 2.45) is 5.73 Å². The number of hydrogen-bond acceptors (Lipinski definition) is 3. The molecule has 0 aromatic heterocycles. The van der Waals surface area contributed by atoms with Crippen LogP contribution in [0.5, 0.6) is 0 Å². The largest absolute Gasteiger partial charge is 0.381 e. The van der Waals surface area contributed by atoms with Crippen LogP contribution in [0.4, 0.5) is 4.39 Å². The Bertz CT molecular complexity index is 584. The summed E-state index contributed by atoms with van der Waals surface area (Å²) >= 11 is 0. The van der Waals surface area contributed by atoms with Crippen LogP contribution in [0.1, 0.15) is 35.7 Å². The third kappa shape index (κ3) is 4.03. The van der Waals surface area contributed by atoms with Crippen molar-refractivity contribution in [3.05, 3.63) is 35.1 Å². The van der Waals surface area contributed by atoms with E-state index in [1.54, 1.807) is 6.07 Å². The zero-order chi connectivity index (χ0) is 15.3. The SMILES string of the molecule is CC1(NC(=O)c2ccc(C#CCN)c(F)c2)CCOCC1. The second-order valence-electron chi connectivity index (χ2n) is 5.33. The average molecular weight is 290 g/mol. The maximum Gasteiger partial charge on any atom is 0.251 e. The first-order valence-electron chi connectivity index (χ1n) is 6.93. The lowest BCUT2D eigenvalue weighted by molar-refractivity contribution is 0.0422. The number of nitrogens with two attached hydrogens (primary N) is 1. The molecule has 1 amide bonds. The summed E-state index contributed by atoms with van der Waals surface area (Å²) in [6.45, 7) is 3.39. The van der Waals surface area contributed by atoms with Gasteiger partial charge >= 0.3 is 0 Å². The van der Waals surface area contributed by atoms with E-state index in [-0.39, 0.29) is 23.6 Å². The first-order valence-corrected chi connectivity index (χ1v) is 6.93. The first kappa shape index (κ1) is 15.5. The molecule has 2 rings (SSSR count). The molecule has 1 saturated heterocycles. The molecule has 5 heteroatoms. The summed E-state index contributed by atoms with van der Waals surface area (Å²) in [4.78, 5) is 12.2. The molecule has 21 heavy (non-hydrogen) atoms. The van der Waals surface area contributed by atoms with Crippen molar-refractivity contribution in [2.75, 3.05) is 19.8 Å². The number of halogens is 1. The minimum Gasteiger partial charge on any atom is -0.381 e. The molecule has 1 aliphatic rings. The van der Waals surface area contributed by atoms with Crippen LogP contribution in [0, 0.1) is 17.7 Å². The van der Waals surface area contributed by atoms with Gasteiger partial charge in [-0.25, -0.2) is 4.39 Å². The monoisotopic (exact) mass is 290 g/mol. The van der Waals surface area contributed by atoms with E-state index in [1.807, 2.05) is 6.92 Å². The van der Waals surface area contributed by atoms with Gasteiger partial charge in [-0.3, -0.25) is 4.79 Å². The standard InChI is InChI=1S/C16H19FN2O2/c1-16(6-9-21-10-7-16)19-15(20)13-5-4-12(3-2-8-18)14(17)11-13/h4-5,11H,6-10,18H2,1H3,(H,19,20). The van der Waals surface area contributed by atoms with Gasteiger partial charge in [0.05, 0.1) is 12.1 Å². The molecule has 1 heterocycles. The average Bonchev–Trinajstić information content (AvgIpc) is 2.46. The summed E-state index contributed by atoms with van der Waals surface area (Å²) < 4.78 is 19.2. The van der Waals surface area contributed by atoms with Gasteiger partial charge in [0.1, 0.15) is 5.82 Å². The van der Waals surface area contributed by atoms with Gasteiger partial charge in [-0.1, -0.05) is 11.8 Å². The van der Waals surface area contributed by atoms with Crippen molar-refractivity contribution in [3.8, 4) is 11.8 Å². The fourth-order valence-corrected chi connectivity index (χ4v) is 2.20. The third-order valence-corrected chi connectivity index (χ3v) is 3.57. The van der Waals surface area contributed by atoms with E-state index >= 15 is 0 Å². The quantitative estimate of drug-likeness (QED) is 0.810. The minimum absolute atomic E-state index is 0.169. The van der Waals surface area contributed by atoms with Gasteiger partial charge in [0.15, 0.2) is 0 Å². The lowest BCUT2D eigenvalue weighted by atomic mass is 9.92. The fourth-order valence-electron chi connectivity index (χ4n) is 2.20. The summed E-state index contributed by atoms with van der Waals surface area (Å²) in [6.07, 6.45) is 1.50. The number of hydrogen-bond donors (Lipinski definition) is 2. The summed E-state index contributed by atoms with van der Waals surface area (Å²) in [5.74, 6) is 4.42.